The molecule has 4 heterocycles. The summed E-state index contributed by atoms with van der Waals surface area (Å²) in [7, 11) is 0. The minimum atomic E-state index is -0.304. The molecule has 8 nitrogen and oxygen atoms in total. The Kier molecular flexibility index (Phi) is 5.74. The summed E-state index contributed by atoms with van der Waals surface area (Å²) in [6.45, 7) is 9.22. The first-order valence-corrected chi connectivity index (χ1v) is 10.6. The Morgan fingerprint density at radius 2 is 1.97 bits per heavy atom. The fraction of sp³-hybridized carbons (Fsp3) is 0.381. The molecule has 0 saturated carbocycles. The monoisotopic (exact) mass is 424 g/mol. The zero-order valence-electron chi connectivity index (χ0n) is 17.5. The maximum atomic E-state index is 12.8. The van der Waals surface area contributed by atoms with Crippen LogP contribution in [0.4, 0.5) is 10.8 Å². The highest BCUT2D eigenvalue weighted by Crippen LogP contribution is 2.28. The maximum absolute atomic E-state index is 12.8. The number of thiazole rings is 1. The van der Waals surface area contributed by atoms with E-state index in [0.717, 1.165) is 33.6 Å². The van der Waals surface area contributed by atoms with Crippen molar-refractivity contribution in [1.29, 1.82) is 0 Å². The number of carbonyl (C=O) groups excluding carboxylic acids is 1. The number of hydrogen-bond acceptors (Lipinski definition) is 8. The van der Waals surface area contributed by atoms with Gasteiger partial charge in [0.15, 0.2) is 5.13 Å². The van der Waals surface area contributed by atoms with Crippen molar-refractivity contribution in [3.63, 3.8) is 0 Å². The number of aryl methyl sites for hydroxylation is 4. The van der Waals surface area contributed by atoms with E-state index in [0.29, 0.717) is 25.4 Å². The van der Waals surface area contributed by atoms with Gasteiger partial charge in [0.1, 0.15) is 11.8 Å². The molecule has 0 spiro atoms. The first kappa shape index (κ1) is 20.4. The normalized spacial score (nSPS) is 16.5. The number of pyridine rings is 1. The standard InChI is InChI=1S/C21H24N6O2S/c1-12-7-16(26-21-25-14(3)15(4)30-21)8-17(24-12)19-11-27(5-6-29-19)20(28)18-10-22-13(2)9-23-18/h7-10,19H,5-6,11H2,1-4H3,(H,24,25,26)/t19-/m0/s1. The molecule has 4 rings (SSSR count). The van der Waals surface area contributed by atoms with Gasteiger partial charge in [0.2, 0.25) is 0 Å². The second kappa shape index (κ2) is 8.45. The number of nitrogens with one attached hydrogen (secondary N) is 1. The average molecular weight is 425 g/mol. The molecule has 0 unspecified atom stereocenters. The lowest BCUT2D eigenvalue weighted by atomic mass is 10.1. The molecule has 156 valence electrons. The van der Waals surface area contributed by atoms with E-state index < -0.39 is 0 Å². The second-order valence-electron chi connectivity index (χ2n) is 7.36. The van der Waals surface area contributed by atoms with Crippen molar-refractivity contribution in [3.8, 4) is 0 Å². The third-order valence-corrected chi connectivity index (χ3v) is 5.92. The van der Waals surface area contributed by atoms with E-state index in [9.17, 15) is 4.79 Å². The predicted octanol–water partition coefficient (Wildman–Crippen LogP) is 3.52. The van der Waals surface area contributed by atoms with Crippen LogP contribution in [0.2, 0.25) is 0 Å². The summed E-state index contributed by atoms with van der Waals surface area (Å²) in [5.41, 5.74) is 4.71. The molecule has 1 aliphatic heterocycles. The van der Waals surface area contributed by atoms with Crippen LogP contribution >= 0.6 is 11.3 Å². The molecular weight excluding hydrogens is 400 g/mol. The highest BCUT2D eigenvalue weighted by Gasteiger charge is 2.28. The van der Waals surface area contributed by atoms with E-state index in [4.69, 9.17) is 4.74 Å². The van der Waals surface area contributed by atoms with Gasteiger partial charge in [-0.1, -0.05) is 0 Å². The van der Waals surface area contributed by atoms with E-state index >= 15 is 0 Å². The number of anilines is 2. The first-order chi connectivity index (χ1) is 14.4. The van der Waals surface area contributed by atoms with E-state index in [2.05, 4.69) is 32.2 Å². The molecule has 1 N–H and O–H groups in total. The van der Waals surface area contributed by atoms with Crippen LogP contribution in [0, 0.1) is 27.7 Å². The zero-order valence-corrected chi connectivity index (χ0v) is 18.3. The number of hydrogen-bond donors (Lipinski definition) is 1. The quantitative estimate of drug-likeness (QED) is 0.685. The van der Waals surface area contributed by atoms with Crippen molar-refractivity contribution in [2.24, 2.45) is 0 Å². The van der Waals surface area contributed by atoms with E-state index in [1.165, 1.54) is 11.1 Å². The van der Waals surface area contributed by atoms with Crippen LogP contribution in [0.15, 0.2) is 24.5 Å². The highest BCUT2D eigenvalue weighted by molar-refractivity contribution is 7.15. The maximum Gasteiger partial charge on any atom is 0.274 e. The SMILES string of the molecule is Cc1cnc(C(=O)N2CCO[C@H](c3cc(Nc4nc(C)c(C)s4)cc(C)n3)C2)cn1. The summed E-state index contributed by atoms with van der Waals surface area (Å²) >= 11 is 1.62. The molecule has 1 atom stereocenters. The van der Waals surface area contributed by atoms with Gasteiger partial charge in [-0.2, -0.15) is 0 Å². The van der Waals surface area contributed by atoms with Gasteiger partial charge in [-0.25, -0.2) is 9.97 Å². The minimum absolute atomic E-state index is 0.143. The fourth-order valence-corrected chi connectivity index (χ4v) is 4.09. The number of aromatic nitrogens is 4. The molecule has 1 fully saturated rings. The van der Waals surface area contributed by atoms with Crippen LogP contribution in [-0.2, 0) is 4.74 Å². The van der Waals surface area contributed by atoms with Crippen LogP contribution in [0.1, 0.15) is 44.2 Å². The van der Waals surface area contributed by atoms with Crippen molar-refractivity contribution >= 4 is 28.1 Å². The lowest BCUT2D eigenvalue weighted by Gasteiger charge is -2.32. The molecule has 1 aliphatic rings. The first-order valence-electron chi connectivity index (χ1n) is 9.78. The molecule has 30 heavy (non-hydrogen) atoms. The van der Waals surface area contributed by atoms with Crippen molar-refractivity contribution < 1.29 is 9.53 Å². The average Bonchev–Trinajstić information content (AvgIpc) is 3.04. The Hall–Kier alpha value is -2.91. The van der Waals surface area contributed by atoms with Gasteiger partial charge in [0.05, 0.1) is 36.4 Å². The molecule has 0 aromatic carbocycles. The van der Waals surface area contributed by atoms with Crippen LogP contribution in [0.3, 0.4) is 0 Å². The Balaban J connectivity index is 1.52. The lowest BCUT2D eigenvalue weighted by molar-refractivity contribution is -0.0249. The highest BCUT2D eigenvalue weighted by atomic mass is 32.1. The summed E-state index contributed by atoms with van der Waals surface area (Å²) in [6.07, 6.45) is 2.82. The Morgan fingerprint density at radius 3 is 2.67 bits per heavy atom. The topological polar surface area (TPSA) is 93.1 Å². The van der Waals surface area contributed by atoms with E-state index in [-0.39, 0.29) is 12.0 Å². The molecular formula is C21H24N6O2S. The lowest BCUT2D eigenvalue weighted by Crippen LogP contribution is -2.42. The van der Waals surface area contributed by atoms with Crippen LogP contribution in [0.5, 0.6) is 0 Å². The molecule has 0 aliphatic carbocycles. The number of rotatable bonds is 4. The Bertz CT molecular complexity index is 1050. The van der Waals surface area contributed by atoms with Gasteiger partial charge in [-0.15, -0.1) is 11.3 Å². The Morgan fingerprint density at radius 1 is 1.13 bits per heavy atom. The third-order valence-electron chi connectivity index (χ3n) is 4.94. The van der Waals surface area contributed by atoms with Crippen LogP contribution in [0.25, 0.3) is 0 Å². The van der Waals surface area contributed by atoms with Crippen molar-refractivity contribution in [2.45, 2.75) is 33.8 Å². The summed E-state index contributed by atoms with van der Waals surface area (Å²) in [6, 6.07) is 3.94. The van der Waals surface area contributed by atoms with Gasteiger partial charge in [-0.3, -0.25) is 14.8 Å². The molecule has 3 aromatic rings. The van der Waals surface area contributed by atoms with Gasteiger partial charge in [0.25, 0.3) is 5.91 Å². The molecule has 9 heteroatoms. The molecule has 3 aromatic heterocycles. The van der Waals surface area contributed by atoms with Crippen molar-refractivity contribution in [1.82, 2.24) is 24.8 Å². The van der Waals surface area contributed by atoms with Gasteiger partial charge < -0.3 is 15.0 Å². The van der Waals surface area contributed by atoms with Crippen molar-refractivity contribution in [2.75, 3.05) is 25.0 Å². The summed E-state index contributed by atoms with van der Waals surface area (Å²) < 4.78 is 5.95. The number of morpholine rings is 1. The minimum Gasteiger partial charge on any atom is -0.368 e. The Labute approximate surface area is 179 Å². The molecule has 1 saturated heterocycles. The fourth-order valence-electron chi connectivity index (χ4n) is 3.26. The van der Waals surface area contributed by atoms with E-state index in [1.807, 2.05) is 32.9 Å². The molecule has 0 bridgehead atoms. The van der Waals surface area contributed by atoms with Gasteiger partial charge in [-0.05, 0) is 39.8 Å². The smallest absolute Gasteiger partial charge is 0.274 e. The number of carbonyl (C=O) groups is 1. The molecule has 1 amide bonds. The van der Waals surface area contributed by atoms with Crippen molar-refractivity contribution in [3.05, 3.63) is 57.9 Å². The third kappa shape index (κ3) is 4.47. The van der Waals surface area contributed by atoms with Gasteiger partial charge >= 0.3 is 0 Å². The zero-order chi connectivity index (χ0) is 21.3. The van der Waals surface area contributed by atoms with E-state index in [1.54, 1.807) is 22.4 Å². The van der Waals surface area contributed by atoms with Crippen LogP contribution in [-0.4, -0.2) is 50.4 Å². The van der Waals surface area contributed by atoms with Gasteiger partial charge in [0, 0.05) is 29.0 Å². The summed E-state index contributed by atoms with van der Waals surface area (Å²) in [5.74, 6) is -0.143. The summed E-state index contributed by atoms with van der Waals surface area (Å²) in [4.78, 5) is 33.3. The largest absolute Gasteiger partial charge is 0.368 e. The number of amides is 1. The molecule has 0 radical (unpaired) electrons. The summed E-state index contributed by atoms with van der Waals surface area (Å²) in [5, 5.41) is 4.21. The number of ether oxygens (including phenoxy) is 1. The predicted molar refractivity (Wildman–Crippen MR) is 115 cm³/mol. The van der Waals surface area contributed by atoms with Crippen LogP contribution < -0.4 is 5.32 Å². The second-order valence-corrected chi connectivity index (χ2v) is 8.56. The number of nitrogens with zero attached hydrogens (tertiary/aromatic N) is 5.